The SMILES string of the molecule is O=C(CNC(=O)C(CS(=O)(=O)Cc1cccnc1)NC(c1ccc(F)cc1)C(F)(F)F)C(=O)NC1CC1. The number of ketones is 1. The number of benzene rings is 1. The first-order valence-corrected chi connectivity index (χ1v) is 12.9. The molecular formula is C23H24F4N4O5S. The molecule has 0 radical (unpaired) electrons. The van der Waals surface area contributed by atoms with E-state index in [1.807, 2.05) is 10.6 Å². The van der Waals surface area contributed by atoms with E-state index in [0.29, 0.717) is 12.8 Å². The van der Waals surface area contributed by atoms with Gasteiger partial charge in [-0.3, -0.25) is 24.7 Å². The Balaban J connectivity index is 1.80. The lowest BCUT2D eigenvalue weighted by atomic mass is 10.1. The lowest BCUT2D eigenvalue weighted by Gasteiger charge is -2.27. The summed E-state index contributed by atoms with van der Waals surface area (Å²) in [7, 11) is -4.18. The van der Waals surface area contributed by atoms with Gasteiger partial charge in [0.05, 0.1) is 18.1 Å². The van der Waals surface area contributed by atoms with Crippen molar-refractivity contribution >= 4 is 27.4 Å². The second-order valence-corrected chi connectivity index (χ2v) is 10.7. The van der Waals surface area contributed by atoms with Gasteiger partial charge in [0.15, 0.2) is 9.84 Å². The van der Waals surface area contributed by atoms with Crippen molar-refractivity contribution in [2.45, 2.75) is 42.9 Å². The lowest BCUT2D eigenvalue weighted by Crippen LogP contribution is -2.53. The van der Waals surface area contributed by atoms with E-state index in [1.165, 1.54) is 24.5 Å². The Hall–Kier alpha value is -3.39. The maximum Gasteiger partial charge on any atom is 0.407 e. The van der Waals surface area contributed by atoms with E-state index in [-0.39, 0.29) is 11.6 Å². The highest BCUT2D eigenvalue weighted by atomic mass is 32.2. The molecule has 0 bridgehead atoms. The van der Waals surface area contributed by atoms with Gasteiger partial charge in [-0.1, -0.05) is 18.2 Å². The zero-order valence-electron chi connectivity index (χ0n) is 19.3. The average Bonchev–Trinajstić information content (AvgIpc) is 3.64. The predicted molar refractivity (Wildman–Crippen MR) is 123 cm³/mol. The molecule has 2 atom stereocenters. The molecule has 9 nitrogen and oxygen atoms in total. The van der Waals surface area contributed by atoms with Crippen molar-refractivity contribution in [3.63, 3.8) is 0 Å². The molecule has 0 spiro atoms. The van der Waals surface area contributed by atoms with Crippen LogP contribution in [-0.2, 0) is 30.0 Å². The molecule has 1 aromatic carbocycles. The molecule has 0 saturated heterocycles. The fourth-order valence-corrected chi connectivity index (χ4v) is 4.90. The van der Waals surface area contributed by atoms with Crippen molar-refractivity contribution in [3.05, 3.63) is 65.7 Å². The van der Waals surface area contributed by atoms with Gasteiger partial charge in [0.25, 0.3) is 5.91 Å². The third kappa shape index (κ3) is 8.89. The Bertz CT molecular complexity index is 1220. The summed E-state index contributed by atoms with van der Waals surface area (Å²) < 4.78 is 80.6. The van der Waals surface area contributed by atoms with Gasteiger partial charge in [-0.05, 0) is 42.2 Å². The zero-order valence-corrected chi connectivity index (χ0v) is 20.1. The monoisotopic (exact) mass is 544 g/mol. The molecule has 3 rings (SSSR count). The number of hydrogen-bond donors (Lipinski definition) is 3. The van der Waals surface area contributed by atoms with Gasteiger partial charge in [-0.2, -0.15) is 13.2 Å². The number of pyridine rings is 1. The number of hydrogen-bond acceptors (Lipinski definition) is 7. The molecule has 37 heavy (non-hydrogen) atoms. The minimum absolute atomic E-state index is 0.137. The molecule has 2 aromatic rings. The summed E-state index contributed by atoms with van der Waals surface area (Å²) in [5.74, 6) is -5.70. The van der Waals surface area contributed by atoms with E-state index in [1.54, 1.807) is 0 Å². The zero-order chi connectivity index (χ0) is 27.2. The first-order chi connectivity index (χ1) is 17.3. The smallest absolute Gasteiger partial charge is 0.347 e. The summed E-state index contributed by atoms with van der Waals surface area (Å²) in [5.41, 5.74) is -0.212. The minimum Gasteiger partial charge on any atom is -0.347 e. The van der Waals surface area contributed by atoms with Crippen LogP contribution in [0.4, 0.5) is 17.6 Å². The number of nitrogens with zero attached hydrogens (tertiary/aromatic N) is 1. The van der Waals surface area contributed by atoms with Crippen LogP contribution in [0.2, 0.25) is 0 Å². The van der Waals surface area contributed by atoms with Crippen molar-refractivity contribution < 1.29 is 40.4 Å². The van der Waals surface area contributed by atoms with Crippen LogP contribution in [0.3, 0.4) is 0 Å². The molecule has 0 aliphatic heterocycles. The Labute approximate surface area is 210 Å². The van der Waals surface area contributed by atoms with Gasteiger partial charge in [0, 0.05) is 18.4 Å². The average molecular weight is 545 g/mol. The third-order valence-electron chi connectivity index (χ3n) is 5.33. The molecule has 2 unspecified atom stereocenters. The van der Waals surface area contributed by atoms with Crippen molar-refractivity contribution in [2.24, 2.45) is 0 Å². The Morgan fingerprint density at radius 3 is 2.32 bits per heavy atom. The van der Waals surface area contributed by atoms with E-state index >= 15 is 0 Å². The quantitative estimate of drug-likeness (QED) is 0.271. The maximum absolute atomic E-state index is 13.9. The van der Waals surface area contributed by atoms with Gasteiger partial charge in [0.2, 0.25) is 11.7 Å². The Morgan fingerprint density at radius 2 is 1.76 bits per heavy atom. The summed E-state index contributed by atoms with van der Waals surface area (Å²) in [6, 6.07) is 1.56. The number of halogens is 4. The molecule has 1 heterocycles. The molecule has 200 valence electrons. The number of sulfone groups is 1. The number of rotatable bonds is 12. The number of nitrogens with one attached hydrogen (secondary N) is 3. The molecule has 2 amide bonds. The summed E-state index contributed by atoms with van der Waals surface area (Å²) in [4.78, 5) is 40.4. The first kappa shape index (κ1) is 28.2. The number of aromatic nitrogens is 1. The van der Waals surface area contributed by atoms with E-state index < -0.39 is 75.1 Å². The summed E-state index contributed by atoms with van der Waals surface area (Å²) in [5, 5.41) is 6.46. The topological polar surface area (TPSA) is 134 Å². The second kappa shape index (κ2) is 11.8. The fourth-order valence-electron chi connectivity index (χ4n) is 3.35. The van der Waals surface area contributed by atoms with Gasteiger partial charge >= 0.3 is 6.18 Å². The van der Waals surface area contributed by atoms with Crippen LogP contribution < -0.4 is 16.0 Å². The minimum atomic E-state index is -5.00. The van der Waals surface area contributed by atoms with Crippen LogP contribution in [0.25, 0.3) is 0 Å². The molecule has 1 saturated carbocycles. The fraction of sp³-hybridized carbons (Fsp3) is 0.391. The van der Waals surface area contributed by atoms with E-state index in [2.05, 4.69) is 10.3 Å². The molecule has 3 N–H and O–H groups in total. The normalized spacial score (nSPS) is 15.5. The third-order valence-corrected chi connectivity index (χ3v) is 6.95. The molecular weight excluding hydrogens is 520 g/mol. The number of alkyl halides is 3. The second-order valence-electron chi connectivity index (χ2n) is 8.55. The number of amides is 2. The van der Waals surface area contributed by atoms with Crippen LogP contribution in [0.5, 0.6) is 0 Å². The summed E-state index contributed by atoms with van der Waals surface area (Å²) >= 11 is 0. The van der Waals surface area contributed by atoms with Crippen molar-refractivity contribution in [1.29, 1.82) is 0 Å². The Kier molecular flexibility index (Phi) is 8.97. The summed E-state index contributed by atoms with van der Waals surface area (Å²) in [6.07, 6.45) is -0.929. The highest BCUT2D eigenvalue weighted by Gasteiger charge is 2.43. The predicted octanol–water partition coefficient (Wildman–Crippen LogP) is 1.36. The molecule has 14 heteroatoms. The molecule has 1 fully saturated rings. The van der Waals surface area contributed by atoms with Crippen LogP contribution in [0.15, 0.2) is 48.8 Å². The number of Topliss-reactive ketones (excluding diaryl/α,β-unsaturated/α-hetero) is 1. The van der Waals surface area contributed by atoms with E-state index in [0.717, 1.165) is 24.3 Å². The maximum atomic E-state index is 13.9. The molecule has 1 aliphatic carbocycles. The highest BCUT2D eigenvalue weighted by molar-refractivity contribution is 7.90. The first-order valence-electron chi connectivity index (χ1n) is 11.1. The standard InChI is InChI=1S/C23H24F4N4O5S/c24-16-5-3-15(4-6-16)20(23(25,26)27)31-18(13-37(35,36)12-14-2-1-9-28-10-14)21(33)29-11-19(32)22(34)30-17-7-8-17/h1-6,9-10,17-18,20,31H,7-8,11-13H2,(H,29,33)(H,30,34). The van der Waals surface area contributed by atoms with Crippen molar-refractivity contribution in [1.82, 2.24) is 20.9 Å². The lowest BCUT2D eigenvalue weighted by molar-refractivity contribution is -0.160. The largest absolute Gasteiger partial charge is 0.407 e. The Morgan fingerprint density at radius 1 is 1.08 bits per heavy atom. The van der Waals surface area contributed by atoms with Gasteiger partial charge in [-0.15, -0.1) is 0 Å². The van der Waals surface area contributed by atoms with E-state index in [4.69, 9.17) is 0 Å². The van der Waals surface area contributed by atoms with Crippen LogP contribution in [0, 0.1) is 5.82 Å². The summed E-state index contributed by atoms with van der Waals surface area (Å²) in [6.45, 7) is -0.842. The van der Waals surface area contributed by atoms with Crippen LogP contribution in [0.1, 0.15) is 30.0 Å². The number of carbonyl (C=O) groups excluding carboxylic acids is 3. The van der Waals surface area contributed by atoms with Crippen LogP contribution in [-0.4, -0.2) is 61.6 Å². The van der Waals surface area contributed by atoms with Crippen LogP contribution >= 0.6 is 0 Å². The highest BCUT2D eigenvalue weighted by Crippen LogP contribution is 2.33. The van der Waals surface area contributed by atoms with Crippen molar-refractivity contribution in [3.8, 4) is 0 Å². The van der Waals surface area contributed by atoms with Gasteiger partial charge in [0.1, 0.15) is 17.9 Å². The molecule has 1 aromatic heterocycles. The van der Waals surface area contributed by atoms with E-state index in [9.17, 15) is 40.4 Å². The van der Waals surface area contributed by atoms with Gasteiger partial charge < -0.3 is 10.6 Å². The molecule has 1 aliphatic rings. The van der Waals surface area contributed by atoms with Crippen molar-refractivity contribution in [2.75, 3.05) is 12.3 Å². The van der Waals surface area contributed by atoms with Gasteiger partial charge in [-0.25, -0.2) is 12.8 Å². The number of carbonyl (C=O) groups is 3.